The van der Waals surface area contributed by atoms with Gasteiger partial charge in [0.2, 0.25) is 0 Å². The number of unbranched alkanes of at least 4 members (excludes halogenated alkanes) is 1. The van der Waals surface area contributed by atoms with Crippen LogP contribution in [0.5, 0.6) is 5.75 Å². The number of aromatic nitrogens is 1. The second-order valence-electron chi connectivity index (χ2n) is 7.91. The quantitative estimate of drug-likeness (QED) is 0.664. The van der Waals surface area contributed by atoms with Gasteiger partial charge >= 0.3 is 0 Å². The van der Waals surface area contributed by atoms with E-state index in [1.807, 2.05) is 18.3 Å². The molecule has 1 aromatic carbocycles. The Bertz CT molecular complexity index is 887. The third kappa shape index (κ3) is 3.80. The van der Waals surface area contributed by atoms with Gasteiger partial charge in [-0.3, -0.25) is 4.79 Å². The van der Waals surface area contributed by atoms with E-state index in [-0.39, 0.29) is 5.56 Å². The van der Waals surface area contributed by atoms with Gasteiger partial charge in [-0.1, -0.05) is 50.3 Å². The molecule has 1 saturated carbocycles. The van der Waals surface area contributed by atoms with Crippen LogP contribution in [0.1, 0.15) is 51.9 Å². The topological polar surface area (TPSA) is 34.5 Å². The summed E-state index contributed by atoms with van der Waals surface area (Å²) in [6, 6.07) is 8.82. The van der Waals surface area contributed by atoms with Crippen LogP contribution < -0.4 is 15.2 Å². The molecule has 0 atom stereocenters. The first kappa shape index (κ1) is 19.4. The van der Waals surface area contributed by atoms with E-state index in [2.05, 4.69) is 24.0 Å². The predicted molar refractivity (Wildman–Crippen MR) is 116 cm³/mol. The van der Waals surface area contributed by atoms with Gasteiger partial charge in [-0.05, 0) is 43.0 Å². The number of rotatable bonds is 5. The molecule has 0 unspecified atom stereocenters. The van der Waals surface area contributed by atoms with Gasteiger partial charge in [-0.25, -0.2) is 0 Å². The molecule has 0 bridgehead atoms. The molecule has 2 heterocycles. The zero-order valence-corrected chi connectivity index (χ0v) is 17.4. The smallest absolute Gasteiger partial charge is 0.269 e. The Hall–Kier alpha value is -1.94. The highest BCUT2D eigenvalue weighted by atomic mass is 35.5. The van der Waals surface area contributed by atoms with Crippen LogP contribution in [-0.4, -0.2) is 23.8 Å². The Morgan fingerprint density at radius 3 is 2.79 bits per heavy atom. The average Bonchev–Trinajstić information content (AvgIpc) is 2.74. The summed E-state index contributed by atoms with van der Waals surface area (Å²) in [6.45, 7) is 4.48. The van der Waals surface area contributed by atoms with Gasteiger partial charge in [-0.15, -0.1) is 0 Å². The highest BCUT2D eigenvalue weighted by Crippen LogP contribution is 2.39. The zero-order valence-electron chi connectivity index (χ0n) is 16.6. The van der Waals surface area contributed by atoms with Crippen molar-refractivity contribution in [1.82, 2.24) is 4.57 Å². The monoisotopic (exact) mass is 400 g/mol. The molecule has 1 fully saturated rings. The first-order valence-electron chi connectivity index (χ1n) is 10.6. The molecule has 0 amide bonds. The van der Waals surface area contributed by atoms with Gasteiger partial charge in [-0.2, -0.15) is 0 Å². The Kier molecular flexibility index (Phi) is 5.96. The number of pyridine rings is 1. The molecule has 4 rings (SSSR count). The maximum absolute atomic E-state index is 12.6. The van der Waals surface area contributed by atoms with Gasteiger partial charge in [0.25, 0.3) is 5.56 Å². The molecule has 0 saturated heterocycles. The molecule has 0 N–H and O–H groups in total. The molecule has 4 nitrogen and oxygen atoms in total. The number of benzene rings is 1. The van der Waals surface area contributed by atoms with Crippen molar-refractivity contribution in [2.24, 2.45) is 0 Å². The molecule has 2 aromatic rings. The maximum atomic E-state index is 12.6. The lowest BCUT2D eigenvalue weighted by molar-refractivity contribution is 0.288. The lowest BCUT2D eigenvalue weighted by Crippen LogP contribution is -2.42. The molecule has 5 heteroatoms. The summed E-state index contributed by atoms with van der Waals surface area (Å²) in [5.74, 6) is 0.903. The third-order valence-electron chi connectivity index (χ3n) is 6.04. The summed E-state index contributed by atoms with van der Waals surface area (Å²) < 4.78 is 7.69. The van der Waals surface area contributed by atoms with Crippen LogP contribution in [-0.2, 0) is 6.54 Å². The van der Waals surface area contributed by atoms with Crippen LogP contribution >= 0.6 is 11.6 Å². The Labute approximate surface area is 172 Å². The lowest BCUT2D eigenvalue weighted by atomic mass is 9.93. The summed E-state index contributed by atoms with van der Waals surface area (Å²) in [5, 5.41) is 0.290. The second kappa shape index (κ2) is 8.60. The highest BCUT2D eigenvalue weighted by molar-refractivity contribution is 6.33. The highest BCUT2D eigenvalue weighted by Gasteiger charge is 2.27. The van der Waals surface area contributed by atoms with Gasteiger partial charge in [0.1, 0.15) is 17.4 Å². The van der Waals surface area contributed by atoms with E-state index < -0.39 is 0 Å². The van der Waals surface area contributed by atoms with E-state index >= 15 is 0 Å². The summed E-state index contributed by atoms with van der Waals surface area (Å²) in [4.78, 5) is 15.1. The molecule has 2 aliphatic rings. The first-order valence-corrected chi connectivity index (χ1v) is 11.0. The number of nitrogens with zero attached hydrogens (tertiary/aromatic N) is 2. The first-order chi connectivity index (χ1) is 13.7. The van der Waals surface area contributed by atoms with Crippen molar-refractivity contribution in [3.05, 3.63) is 45.8 Å². The maximum Gasteiger partial charge on any atom is 0.269 e. The predicted octanol–water partition coefficient (Wildman–Crippen LogP) is 5.50. The van der Waals surface area contributed by atoms with E-state index in [4.69, 9.17) is 16.3 Å². The van der Waals surface area contributed by atoms with Crippen LogP contribution in [0.3, 0.4) is 0 Å². The minimum absolute atomic E-state index is 0.116. The minimum atomic E-state index is -0.116. The van der Waals surface area contributed by atoms with Crippen molar-refractivity contribution in [1.29, 1.82) is 0 Å². The average molecular weight is 401 g/mol. The van der Waals surface area contributed by atoms with E-state index in [1.165, 1.54) is 37.8 Å². The Balaban J connectivity index is 1.64. The summed E-state index contributed by atoms with van der Waals surface area (Å²) in [5.41, 5.74) is 2.78. The molecule has 1 aliphatic carbocycles. The number of ether oxygens (including phenoxy) is 1. The number of fused-ring (bicyclic) bond motifs is 1. The third-order valence-corrected chi connectivity index (χ3v) is 6.41. The fourth-order valence-corrected chi connectivity index (χ4v) is 4.74. The molecular formula is C23H29ClN2O2. The summed E-state index contributed by atoms with van der Waals surface area (Å²) >= 11 is 6.46. The van der Waals surface area contributed by atoms with Crippen molar-refractivity contribution in [2.75, 3.05) is 18.1 Å². The van der Waals surface area contributed by atoms with E-state index in [1.54, 1.807) is 4.57 Å². The zero-order chi connectivity index (χ0) is 19.5. The van der Waals surface area contributed by atoms with Crippen LogP contribution in [0.2, 0.25) is 5.02 Å². The molecule has 150 valence electrons. The van der Waals surface area contributed by atoms with Crippen LogP contribution in [0.25, 0.3) is 11.1 Å². The normalized spacial score (nSPS) is 17.3. The molecule has 0 spiro atoms. The van der Waals surface area contributed by atoms with Crippen molar-refractivity contribution in [3.8, 4) is 16.9 Å². The Morgan fingerprint density at radius 2 is 2.00 bits per heavy atom. The fourth-order valence-electron chi connectivity index (χ4n) is 4.46. The molecular weight excluding hydrogens is 372 g/mol. The SMILES string of the molecule is CCCCn1ccc(-c2ccc3c(c2)OCCN3C2CCCCC2)c(Cl)c1=O. The second-order valence-corrected chi connectivity index (χ2v) is 8.29. The standard InChI is InChI=1S/C23H29ClN2O2/c1-2-3-12-25-13-11-19(22(24)23(25)27)17-9-10-20-21(16-17)28-15-14-26(20)18-7-5-4-6-8-18/h9-11,13,16,18H,2-8,12,14-15H2,1H3. The van der Waals surface area contributed by atoms with Crippen LogP contribution in [0, 0.1) is 0 Å². The number of hydrogen-bond acceptors (Lipinski definition) is 3. The van der Waals surface area contributed by atoms with Gasteiger partial charge in [0.05, 0.1) is 12.2 Å². The number of aryl methyl sites for hydroxylation is 1. The fraction of sp³-hybridized carbons (Fsp3) is 0.522. The van der Waals surface area contributed by atoms with Crippen LogP contribution in [0.4, 0.5) is 5.69 Å². The van der Waals surface area contributed by atoms with Gasteiger partial charge in [0.15, 0.2) is 0 Å². The minimum Gasteiger partial charge on any atom is -0.490 e. The molecule has 1 aromatic heterocycles. The van der Waals surface area contributed by atoms with Crippen molar-refractivity contribution in [3.63, 3.8) is 0 Å². The van der Waals surface area contributed by atoms with Crippen molar-refractivity contribution < 1.29 is 4.74 Å². The van der Waals surface area contributed by atoms with Crippen molar-refractivity contribution >= 4 is 17.3 Å². The van der Waals surface area contributed by atoms with E-state index in [0.29, 0.717) is 24.2 Å². The lowest BCUT2D eigenvalue weighted by Gasteiger charge is -2.39. The van der Waals surface area contributed by atoms with Gasteiger partial charge < -0.3 is 14.2 Å². The summed E-state index contributed by atoms with van der Waals surface area (Å²) in [6.07, 6.45) is 10.4. The van der Waals surface area contributed by atoms with E-state index in [9.17, 15) is 4.79 Å². The van der Waals surface area contributed by atoms with E-state index in [0.717, 1.165) is 36.3 Å². The number of hydrogen-bond donors (Lipinski definition) is 0. The van der Waals surface area contributed by atoms with Crippen molar-refractivity contribution in [2.45, 2.75) is 64.5 Å². The number of halogens is 1. The number of anilines is 1. The summed E-state index contributed by atoms with van der Waals surface area (Å²) in [7, 11) is 0. The van der Waals surface area contributed by atoms with Gasteiger partial charge in [0, 0.05) is 24.3 Å². The molecule has 0 radical (unpaired) electrons. The van der Waals surface area contributed by atoms with Crippen LogP contribution in [0.15, 0.2) is 35.3 Å². The largest absolute Gasteiger partial charge is 0.490 e. The Morgan fingerprint density at radius 1 is 1.18 bits per heavy atom. The molecule has 28 heavy (non-hydrogen) atoms. The molecule has 1 aliphatic heterocycles.